The largest absolute Gasteiger partial charge is 0.455 e. The first-order valence-corrected chi connectivity index (χ1v) is 15.2. The Morgan fingerprint density at radius 1 is 1.02 bits per heavy atom. The first-order valence-electron chi connectivity index (χ1n) is 13.7. The van der Waals surface area contributed by atoms with Crippen LogP contribution in [0.15, 0.2) is 0 Å². The zero-order chi connectivity index (χ0) is 29.2. The molecule has 6 bridgehead atoms. The zero-order valence-electron chi connectivity index (χ0n) is 21.4. The third kappa shape index (κ3) is 3.93. The van der Waals surface area contributed by atoms with Gasteiger partial charge in [0.25, 0.3) is 0 Å². The van der Waals surface area contributed by atoms with E-state index in [2.05, 4.69) is 0 Å². The van der Waals surface area contributed by atoms with Crippen LogP contribution in [0.5, 0.6) is 0 Å². The molecule has 8 rings (SSSR count). The number of alkyl halides is 2. The lowest BCUT2D eigenvalue weighted by Gasteiger charge is -2.56. The molecular weight excluding hydrogens is 578 g/mol. The van der Waals surface area contributed by atoms with Gasteiger partial charge in [-0.1, -0.05) is 0 Å². The number of carbonyl (C=O) groups excluding carboxylic acids is 4. The monoisotopic (exact) mass is 606 g/mol. The summed E-state index contributed by atoms with van der Waals surface area (Å²) in [5.74, 6) is -9.88. The van der Waals surface area contributed by atoms with Crippen LogP contribution in [0.1, 0.15) is 44.9 Å². The number of ether oxygens (including phenoxy) is 5. The predicted molar refractivity (Wildman–Crippen MR) is 123 cm³/mol. The molecule has 0 aromatic heterocycles. The summed E-state index contributed by atoms with van der Waals surface area (Å²) in [4.78, 5) is 50.4. The quantitative estimate of drug-likeness (QED) is 0.236. The Balaban J connectivity index is 1.06. The number of aliphatic hydroxyl groups excluding tert-OH is 1. The van der Waals surface area contributed by atoms with Crippen molar-refractivity contribution in [3.63, 3.8) is 0 Å². The summed E-state index contributed by atoms with van der Waals surface area (Å²) in [6.07, 6.45) is -4.64. The molecule has 4 aliphatic carbocycles. The van der Waals surface area contributed by atoms with Crippen LogP contribution in [0.4, 0.5) is 8.78 Å². The number of ketones is 1. The molecular formula is C25H28F2O13S. The molecule has 4 heterocycles. The minimum atomic E-state index is -6.05. The summed E-state index contributed by atoms with van der Waals surface area (Å²) in [7, 11) is -6.05. The number of carbonyl (C=O) groups is 4. The van der Waals surface area contributed by atoms with E-state index < -0.39 is 112 Å². The molecule has 16 heteroatoms. The Hall–Kier alpha value is -2.27. The average Bonchev–Trinajstić information content (AvgIpc) is 3.55. The summed E-state index contributed by atoms with van der Waals surface area (Å²) >= 11 is 0. The summed E-state index contributed by atoms with van der Waals surface area (Å²) in [6, 6.07) is 0. The predicted octanol–water partition coefficient (Wildman–Crippen LogP) is 0.122. The molecule has 0 aromatic carbocycles. The van der Waals surface area contributed by atoms with Gasteiger partial charge in [0, 0.05) is 11.8 Å². The summed E-state index contributed by atoms with van der Waals surface area (Å²) in [6.45, 7) is 0. The number of Topliss-reactive ketones (excluding diaryl/α,β-unsaturated/α-hetero) is 1. The molecule has 41 heavy (non-hydrogen) atoms. The van der Waals surface area contributed by atoms with Crippen molar-refractivity contribution < 1.29 is 69.7 Å². The fraction of sp³-hybridized carbons (Fsp3) is 0.840. The number of hydrogen-bond acceptors (Lipinski definition) is 12. The molecule has 0 amide bonds. The van der Waals surface area contributed by atoms with Gasteiger partial charge < -0.3 is 28.8 Å². The molecule has 13 nitrogen and oxygen atoms in total. The third-order valence-corrected chi connectivity index (χ3v) is 11.1. The van der Waals surface area contributed by atoms with Crippen molar-refractivity contribution in [2.75, 3.05) is 0 Å². The number of halogens is 2. The van der Waals surface area contributed by atoms with E-state index in [-0.39, 0.29) is 31.1 Å². The van der Waals surface area contributed by atoms with Crippen molar-refractivity contribution in [2.24, 2.45) is 35.5 Å². The summed E-state index contributed by atoms with van der Waals surface area (Å²) < 4.78 is 88.7. The van der Waals surface area contributed by atoms with Crippen molar-refractivity contribution in [1.29, 1.82) is 0 Å². The van der Waals surface area contributed by atoms with Crippen molar-refractivity contribution in [3.8, 4) is 0 Å². The van der Waals surface area contributed by atoms with Crippen LogP contribution < -0.4 is 0 Å². The van der Waals surface area contributed by atoms with E-state index >= 15 is 0 Å². The highest BCUT2D eigenvalue weighted by molar-refractivity contribution is 7.87. The Labute approximate surface area is 231 Å². The summed E-state index contributed by atoms with van der Waals surface area (Å²) in [5, 5.41) is 5.61. The molecule has 8 aliphatic rings. The number of hydrogen-bond donors (Lipinski definition) is 2. The minimum Gasteiger partial charge on any atom is -0.455 e. The second-order valence-corrected chi connectivity index (χ2v) is 13.9. The maximum atomic E-state index is 14.4. The maximum absolute atomic E-state index is 14.4. The highest BCUT2D eigenvalue weighted by Crippen LogP contribution is 2.60. The normalized spacial score (nSPS) is 47.8. The van der Waals surface area contributed by atoms with Crippen molar-refractivity contribution in [3.05, 3.63) is 0 Å². The van der Waals surface area contributed by atoms with Crippen molar-refractivity contribution in [1.82, 2.24) is 0 Å². The van der Waals surface area contributed by atoms with E-state index in [1.54, 1.807) is 0 Å². The molecule has 4 aliphatic heterocycles. The first kappa shape index (κ1) is 27.6. The molecule has 2 N–H and O–H groups in total. The Morgan fingerprint density at radius 2 is 1.71 bits per heavy atom. The topological polar surface area (TPSA) is 189 Å². The van der Waals surface area contributed by atoms with E-state index in [0.717, 1.165) is 0 Å². The van der Waals surface area contributed by atoms with Crippen molar-refractivity contribution in [2.45, 2.75) is 92.6 Å². The maximum Gasteiger partial charge on any atom is 0.427 e. The van der Waals surface area contributed by atoms with Gasteiger partial charge in [0.15, 0.2) is 18.3 Å². The Kier molecular flexibility index (Phi) is 5.97. The van der Waals surface area contributed by atoms with E-state index in [1.807, 2.05) is 0 Å². The average molecular weight is 607 g/mol. The van der Waals surface area contributed by atoms with E-state index in [1.165, 1.54) is 0 Å². The Bertz CT molecular complexity index is 1300. The van der Waals surface area contributed by atoms with Crippen LogP contribution >= 0.6 is 0 Å². The second kappa shape index (κ2) is 8.88. The van der Waals surface area contributed by atoms with Crippen LogP contribution in [0.2, 0.25) is 0 Å². The van der Waals surface area contributed by atoms with Crippen LogP contribution in [-0.2, 0) is 53.0 Å². The summed E-state index contributed by atoms with van der Waals surface area (Å²) in [5.41, 5.74) is 0. The van der Waals surface area contributed by atoms with Gasteiger partial charge in [-0.15, -0.1) is 0 Å². The van der Waals surface area contributed by atoms with E-state index in [0.29, 0.717) is 19.3 Å². The molecule has 4 saturated carbocycles. The van der Waals surface area contributed by atoms with Crippen LogP contribution in [0, 0.1) is 35.5 Å². The molecule has 4 saturated heterocycles. The van der Waals surface area contributed by atoms with Gasteiger partial charge in [-0.25, -0.2) is 4.79 Å². The van der Waals surface area contributed by atoms with Crippen LogP contribution in [0.25, 0.3) is 0 Å². The fourth-order valence-electron chi connectivity index (χ4n) is 8.64. The molecule has 10 atom stereocenters. The van der Waals surface area contributed by atoms with Gasteiger partial charge in [0.2, 0.25) is 11.6 Å². The number of fused-ring (bicyclic) bond motifs is 3. The van der Waals surface area contributed by atoms with Gasteiger partial charge in [0.05, 0.1) is 30.5 Å². The molecule has 0 aromatic rings. The van der Waals surface area contributed by atoms with E-state index in [9.17, 15) is 41.5 Å². The van der Waals surface area contributed by atoms with Gasteiger partial charge >= 0.3 is 33.3 Å². The smallest absolute Gasteiger partial charge is 0.427 e. The lowest BCUT2D eigenvalue weighted by Crippen LogP contribution is -2.60. The van der Waals surface area contributed by atoms with Crippen LogP contribution in [0.3, 0.4) is 0 Å². The molecule has 1 spiro atoms. The first-order chi connectivity index (χ1) is 19.2. The molecule has 0 radical (unpaired) electrons. The van der Waals surface area contributed by atoms with Crippen LogP contribution in [-0.4, -0.2) is 89.4 Å². The van der Waals surface area contributed by atoms with Gasteiger partial charge in [-0.3, -0.25) is 18.9 Å². The standard InChI is InChI=1S/C25H28F2O13S/c26-25(27,41(33,34)35)21(30)17-9-4-10-1-8(3-13(17)28)2-11(5-9)24(10)39-15(23(32)40-24)7-16(29)37-19-14-6-12-18(36-14)20(19)38-22(12)31/h8-15,17-20,28H,1-7H2,(H,33,34,35). The van der Waals surface area contributed by atoms with Gasteiger partial charge in [-0.2, -0.15) is 17.2 Å². The van der Waals surface area contributed by atoms with Gasteiger partial charge in [-0.05, 0) is 50.4 Å². The number of aliphatic hydroxyl groups is 1. The highest BCUT2D eigenvalue weighted by Gasteiger charge is 2.68. The lowest BCUT2D eigenvalue weighted by molar-refractivity contribution is -0.286. The lowest BCUT2D eigenvalue weighted by atomic mass is 9.54. The number of esters is 3. The second-order valence-electron chi connectivity index (χ2n) is 12.4. The highest BCUT2D eigenvalue weighted by atomic mass is 32.2. The SMILES string of the molecule is O=C(CC1OC2(OC1=O)C1CC3CC(O)C(C(=O)C(F)(F)S(=O)(=O)O)C(C1)CC2C3)OC1C2CC3C(=O)OC1C3O2. The zero-order valence-corrected chi connectivity index (χ0v) is 22.2. The minimum absolute atomic E-state index is 0.0170. The van der Waals surface area contributed by atoms with Crippen molar-refractivity contribution >= 4 is 33.8 Å². The molecule has 8 fully saturated rings. The van der Waals surface area contributed by atoms with Gasteiger partial charge in [0.1, 0.15) is 6.10 Å². The van der Waals surface area contributed by atoms with E-state index in [4.69, 9.17) is 28.2 Å². The molecule has 10 unspecified atom stereocenters. The third-order valence-electron chi connectivity index (χ3n) is 10.2. The Morgan fingerprint density at radius 3 is 2.37 bits per heavy atom. The molecule has 226 valence electrons. The number of rotatable bonds is 6. The fourth-order valence-corrected chi connectivity index (χ4v) is 9.03.